The average Bonchev–Trinajstić information content (AvgIpc) is 2.25. The van der Waals surface area contributed by atoms with Gasteiger partial charge in [0, 0.05) is 12.0 Å². The summed E-state index contributed by atoms with van der Waals surface area (Å²) in [5.74, 6) is 0.585. The first kappa shape index (κ1) is 12.2. The molecule has 0 saturated heterocycles. The normalized spacial score (nSPS) is 11.6. The summed E-state index contributed by atoms with van der Waals surface area (Å²) in [5, 5.41) is 10.8. The Balaban J connectivity index is 3.07. The van der Waals surface area contributed by atoms with Gasteiger partial charge in [-0.1, -0.05) is 26.0 Å². The van der Waals surface area contributed by atoms with Gasteiger partial charge in [-0.3, -0.25) is 10.1 Å². The van der Waals surface area contributed by atoms with E-state index >= 15 is 0 Å². The topological polar surface area (TPSA) is 52.4 Å². The number of hydrogen-bond donors (Lipinski definition) is 0. The van der Waals surface area contributed by atoms with Gasteiger partial charge in [0.05, 0.1) is 12.0 Å². The third-order valence-corrected chi connectivity index (χ3v) is 2.21. The monoisotopic (exact) mass is 221 g/mol. The van der Waals surface area contributed by atoms with Crippen LogP contribution in [0.2, 0.25) is 0 Å². The van der Waals surface area contributed by atoms with Crippen LogP contribution in [0.25, 0.3) is 6.08 Å². The second-order valence-corrected chi connectivity index (χ2v) is 3.76. The summed E-state index contributed by atoms with van der Waals surface area (Å²) in [6.07, 6.45) is 1.58. The molecule has 0 aliphatic heterocycles. The summed E-state index contributed by atoms with van der Waals surface area (Å²) in [7, 11) is 1.57. The Kier molecular flexibility index (Phi) is 4.05. The summed E-state index contributed by atoms with van der Waals surface area (Å²) in [6.45, 7) is 3.60. The molecule has 86 valence electrons. The molecule has 0 amide bonds. The Labute approximate surface area is 94.7 Å². The smallest absolute Gasteiger partial charge is 0.249 e. The number of nitrogens with zero attached hydrogens (tertiary/aromatic N) is 1. The zero-order valence-corrected chi connectivity index (χ0v) is 9.64. The third-order valence-electron chi connectivity index (χ3n) is 2.21. The van der Waals surface area contributed by atoms with Crippen molar-refractivity contribution in [3.63, 3.8) is 0 Å². The number of methoxy groups -OCH3 is 1. The van der Waals surface area contributed by atoms with Crippen molar-refractivity contribution in [2.45, 2.75) is 13.8 Å². The fourth-order valence-electron chi connectivity index (χ4n) is 1.33. The van der Waals surface area contributed by atoms with Crippen LogP contribution in [-0.4, -0.2) is 12.0 Å². The largest absolute Gasteiger partial charge is 0.497 e. The van der Waals surface area contributed by atoms with E-state index in [1.165, 1.54) is 0 Å². The van der Waals surface area contributed by atoms with Crippen molar-refractivity contribution in [2.75, 3.05) is 7.11 Å². The maximum Gasteiger partial charge on any atom is 0.249 e. The van der Waals surface area contributed by atoms with E-state index in [0.29, 0.717) is 5.75 Å². The zero-order chi connectivity index (χ0) is 12.1. The number of benzene rings is 1. The van der Waals surface area contributed by atoms with E-state index in [1.54, 1.807) is 39.2 Å². The van der Waals surface area contributed by atoms with Crippen molar-refractivity contribution in [1.82, 2.24) is 0 Å². The lowest BCUT2D eigenvalue weighted by Gasteiger charge is -2.03. The van der Waals surface area contributed by atoms with Crippen LogP contribution >= 0.6 is 0 Å². The van der Waals surface area contributed by atoms with Gasteiger partial charge in [0.2, 0.25) is 5.70 Å². The maximum absolute atomic E-state index is 10.8. The van der Waals surface area contributed by atoms with E-state index in [9.17, 15) is 10.1 Å². The first-order valence-corrected chi connectivity index (χ1v) is 5.04. The molecule has 1 aromatic rings. The second kappa shape index (κ2) is 5.30. The van der Waals surface area contributed by atoms with Crippen molar-refractivity contribution in [3.8, 4) is 5.75 Å². The van der Waals surface area contributed by atoms with Crippen LogP contribution in [0.15, 0.2) is 30.0 Å². The molecule has 0 fully saturated rings. The lowest BCUT2D eigenvalue weighted by atomic mass is 10.1. The van der Waals surface area contributed by atoms with Crippen molar-refractivity contribution >= 4 is 6.08 Å². The first-order valence-electron chi connectivity index (χ1n) is 5.04. The van der Waals surface area contributed by atoms with Gasteiger partial charge in [-0.25, -0.2) is 0 Å². The van der Waals surface area contributed by atoms with Crippen LogP contribution in [0.1, 0.15) is 19.4 Å². The van der Waals surface area contributed by atoms with Crippen molar-refractivity contribution in [3.05, 3.63) is 45.6 Å². The van der Waals surface area contributed by atoms with E-state index in [4.69, 9.17) is 4.74 Å². The van der Waals surface area contributed by atoms with Gasteiger partial charge in [0.25, 0.3) is 0 Å². The molecule has 1 aromatic carbocycles. The minimum absolute atomic E-state index is 0.110. The minimum Gasteiger partial charge on any atom is -0.497 e. The number of hydrogen-bond acceptors (Lipinski definition) is 3. The van der Waals surface area contributed by atoms with Gasteiger partial charge in [0.15, 0.2) is 0 Å². The van der Waals surface area contributed by atoms with E-state index < -0.39 is 0 Å². The predicted octanol–water partition coefficient (Wildman–Crippen LogP) is 2.97. The molecule has 0 aromatic heterocycles. The number of ether oxygens (including phenoxy) is 1. The highest BCUT2D eigenvalue weighted by Gasteiger charge is 2.15. The molecule has 0 bridgehead atoms. The van der Waals surface area contributed by atoms with Crippen molar-refractivity contribution in [1.29, 1.82) is 0 Å². The fraction of sp³-hybridized carbons (Fsp3) is 0.333. The van der Waals surface area contributed by atoms with Crippen LogP contribution in [0.3, 0.4) is 0 Å². The summed E-state index contributed by atoms with van der Waals surface area (Å²) < 4.78 is 5.06. The summed E-state index contributed by atoms with van der Waals surface area (Å²) >= 11 is 0. The molecular weight excluding hydrogens is 206 g/mol. The second-order valence-electron chi connectivity index (χ2n) is 3.76. The molecule has 0 N–H and O–H groups in total. The van der Waals surface area contributed by atoms with Gasteiger partial charge < -0.3 is 4.74 Å². The lowest BCUT2D eigenvalue weighted by Crippen LogP contribution is -2.05. The van der Waals surface area contributed by atoms with Gasteiger partial charge in [0.1, 0.15) is 5.75 Å². The van der Waals surface area contributed by atoms with Crippen molar-refractivity contribution in [2.24, 2.45) is 5.92 Å². The highest BCUT2D eigenvalue weighted by Crippen LogP contribution is 2.18. The molecule has 0 heterocycles. The van der Waals surface area contributed by atoms with Gasteiger partial charge >= 0.3 is 0 Å². The standard InChI is InChI=1S/C12H15NO3/c1-9(2)12(13(14)15)8-10-5-4-6-11(7-10)16-3/h4-9H,1-3H3/b12-8-. The molecule has 0 spiro atoms. The molecule has 4 nitrogen and oxygen atoms in total. The van der Waals surface area contributed by atoms with Crippen LogP contribution < -0.4 is 4.74 Å². The van der Waals surface area contributed by atoms with Crippen LogP contribution in [0.4, 0.5) is 0 Å². The molecule has 16 heavy (non-hydrogen) atoms. The lowest BCUT2D eigenvalue weighted by molar-refractivity contribution is -0.431. The quantitative estimate of drug-likeness (QED) is 0.580. The molecule has 0 atom stereocenters. The Morgan fingerprint density at radius 2 is 2.19 bits per heavy atom. The maximum atomic E-state index is 10.8. The Hall–Kier alpha value is -1.84. The third kappa shape index (κ3) is 3.08. The van der Waals surface area contributed by atoms with Gasteiger partial charge in [-0.2, -0.15) is 0 Å². The summed E-state index contributed by atoms with van der Waals surface area (Å²) in [6, 6.07) is 7.20. The SMILES string of the molecule is COc1cccc(/C=C(/C(C)C)[N+](=O)[O-])c1. The minimum atomic E-state index is -0.343. The fourth-order valence-corrected chi connectivity index (χ4v) is 1.33. The molecular formula is C12H15NO3. The Morgan fingerprint density at radius 3 is 2.69 bits per heavy atom. The Bertz CT molecular complexity index is 410. The van der Waals surface area contributed by atoms with E-state index in [1.807, 2.05) is 12.1 Å². The summed E-state index contributed by atoms with van der Waals surface area (Å²) in [4.78, 5) is 10.5. The molecule has 1 rings (SSSR count). The predicted molar refractivity (Wildman–Crippen MR) is 62.8 cm³/mol. The highest BCUT2D eigenvalue weighted by molar-refractivity contribution is 5.53. The van der Waals surface area contributed by atoms with Crippen molar-refractivity contribution < 1.29 is 9.66 Å². The van der Waals surface area contributed by atoms with E-state index in [2.05, 4.69) is 0 Å². The van der Waals surface area contributed by atoms with Gasteiger partial charge in [-0.05, 0) is 17.7 Å². The molecule has 4 heteroatoms. The molecule has 0 saturated carbocycles. The Morgan fingerprint density at radius 1 is 1.50 bits per heavy atom. The number of rotatable bonds is 4. The number of allylic oxidation sites excluding steroid dienone is 1. The van der Waals surface area contributed by atoms with Crippen LogP contribution in [0.5, 0.6) is 5.75 Å². The molecule has 0 radical (unpaired) electrons. The average molecular weight is 221 g/mol. The highest BCUT2D eigenvalue weighted by atomic mass is 16.6. The van der Waals surface area contributed by atoms with Gasteiger partial charge in [-0.15, -0.1) is 0 Å². The van der Waals surface area contributed by atoms with Crippen LogP contribution in [0, 0.1) is 16.0 Å². The van der Waals surface area contributed by atoms with Crippen LogP contribution in [-0.2, 0) is 0 Å². The first-order chi connectivity index (χ1) is 7.54. The zero-order valence-electron chi connectivity index (χ0n) is 9.64. The van der Waals surface area contributed by atoms with E-state index in [-0.39, 0.29) is 16.5 Å². The molecule has 0 unspecified atom stereocenters. The summed E-state index contributed by atoms with van der Waals surface area (Å²) in [5.41, 5.74) is 0.980. The molecule has 0 aliphatic carbocycles. The number of nitro groups is 1. The van der Waals surface area contributed by atoms with E-state index in [0.717, 1.165) is 5.56 Å². The molecule has 0 aliphatic rings.